The first-order chi connectivity index (χ1) is 11.0. The molecule has 0 aliphatic carbocycles. The van der Waals surface area contributed by atoms with Gasteiger partial charge < -0.3 is 4.42 Å². The van der Waals surface area contributed by atoms with Crippen molar-refractivity contribution in [1.82, 2.24) is 0 Å². The number of rotatable bonds is 4. The fourth-order valence-electron chi connectivity index (χ4n) is 2.06. The number of hydrogen-bond donors (Lipinski definition) is 0. The van der Waals surface area contributed by atoms with Gasteiger partial charge in [-0.05, 0) is 54.6 Å². The lowest BCUT2D eigenvalue weighted by Crippen LogP contribution is -1.94. The smallest absolute Gasteiger partial charge is 0.199 e. The van der Waals surface area contributed by atoms with E-state index in [-0.39, 0.29) is 4.90 Å². The fraction of sp³-hybridized carbons (Fsp3) is 0. The molecule has 0 saturated carbocycles. The van der Waals surface area contributed by atoms with Crippen LogP contribution in [0, 0.1) is 0 Å². The number of sulfone groups is 1. The molecular formula is C18H13ClO3S. The van der Waals surface area contributed by atoms with E-state index in [0.29, 0.717) is 16.5 Å². The summed E-state index contributed by atoms with van der Waals surface area (Å²) < 4.78 is 30.0. The van der Waals surface area contributed by atoms with Crippen molar-refractivity contribution in [3.05, 3.63) is 82.9 Å². The molecule has 23 heavy (non-hydrogen) atoms. The van der Waals surface area contributed by atoms with Crippen LogP contribution in [0.5, 0.6) is 0 Å². The molecule has 3 rings (SSSR count). The third kappa shape index (κ3) is 3.73. The Morgan fingerprint density at radius 3 is 2.26 bits per heavy atom. The van der Waals surface area contributed by atoms with Crippen LogP contribution in [0.3, 0.4) is 0 Å². The highest BCUT2D eigenvalue weighted by molar-refractivity contribution is 7.94. The monoisotopic (exact) mass is 344 g/mol. The summed E-state index contributed by atoms with van der Waals surface area (Å²) in [5, 5.41) is 1.79. The summed E-state index contributed by atoms with van der Waals surface area (Å²) >= 11 is 5.85. The molecule has 0 unspecified atom stereocenters. The van der Waals surface area contributed by atoms with Crippen molar-refractivity contribution in [2.75, 3.05) is 0 Å². The molecule has 0 radical (unpaired) electrons. The van der Waals surface area contributed by atoms with E-state index in [0.717, 1.165) is 11.0 Å². The zero-order chi connectivity index (χ0) is 16.3. The topological polar surface area (TPSA) is 47.3 Å². The lowest BCUT2D eigenvalue weighted by Gasteiger charge is -1.98. The van der Waals surface area contributed by atoms with Crippen molar-refractivity contribution in [3.8, 4) is 11.3 Å². The van der Waals surface area contributed by atoms with E-state index in [1.54, 1.807) is 54.6 Å². The third-order valence-corrected chi connectivity index (χ3v) is 4.91. The number of halogens is 1. The zero-order valence-corrected chi connectivity index (χ0v) is 13.6. The molecule has 0 spiro atoms. The first kappa shape index (κ1) is 15.6. The van der Waals surface area contributed by atoms with Crippen LogP contribution in [-0.2, 0) is 9.84 Å². The minimum Gasteiger partial charge on any atom is -0.457 e. The van der Waals surface area contributed by atoms with Crippen LogP contribution in [-0.4, -0.2) is 8.42 Å². The van der Waals surface area contributed by atoms with Crippen LogP contribution < -0.4 is 0 Å². The van der Waals surface area contributed by atoms with E-state index < -0.39 is 9.84 Å². The number of benzene rings is 2. The van der Waals surface area contributed by atoms with Gasteiger partial charge in [-0.2, -0.15) is 0 Å². The quantitative estimate of drug-likeness (QED) is 0.665. The van der Waals surface area contributed by atoms with Gasteiger partial charge in [0.15, 0.2) is 9.84 Å². The average molecular weight is 345 g/mol. The molecular weight excluding hydrogens is 332 g/mol. The van der Waals surface area contributed by atoms with Crippen molar-refractivity contribution in [3.63, 3.8) is 0 Å². The number of furan rings is 1. The predicted molar refractivity (Wildman–Crippen MR) is 91.8 cm³/mol. The maximum Gasteiger partial charge on any atom is 0.199 e. The van der Waals surface area contributed by atoms with Crippen molar-refractivity contribution >= 4 is 27.5 Å². The Kier molecular flexibility index (Phi) is 4.37. The van der Waals surface area contributed by atoms with E-state index in [1.807, 2.05) is 12.1 Å². The molecule has 1 heterocycles. The minimum absolute atomic E-state index is 0.251. The largest absolute Gasteiger partial charge is 0.457 e. The van der Waals surface area contributed by atoms with Crippen LogP contribution >= 0.6 is 11.6 Å². The van der Waals surface area contributed by atoms with Gasteiger partial charge in [-0.1, -0.05) is 29.8 Å². The average Bonchev–Trinajstić information content (AvgIpc) is 3.04. The second kappa shape index (κ2) is 6.44. The van der Waals surface area contributed by atoms with Gasteiger partial charge in [0.2, 0.25) is 0 Å². The van der Waals surface area contributed by atoms with Crippen molar-refractivity contribution in [1.29, 1.82) is 0 Å². The van der Waals surface area contributed by atoms with Crippen LogP contribution in [0.1, 0.15) is 5.76 Å². The van der Waals surface area contributed by atoms with Crippen molar-refractivity contribution < 1.29 is 12.8 Å². The normalized spacial score (nSPS) is 11.9. The highest BCUT2D eigenvalue weighted by Crippen LogP contribution is 2.24. The molecule has 2 aromatic carbocycles. The van der Waals surface area contributed by atoms with E-state index in [9.17, 15) is 8.42 Å². The molecule has 0 saturated heterocycles. The van der Waals surface area contributed by atoms with Gasteiger partial charge in [0.05, 0.1) is 4.90 Å². The Bertz CT molecular complexity index is 924. The molecule has 0 N–H and O–H groups in total. The standard InChI is InChI=1S/C18H13ClO3S/c19-15-8-6-14(7-9-15)18-11-10-16(22-18)12-13-23(20,21)17-4-2-1-3-5-17/h1-13H. The van der Waals surface area contributed by atoms with E-state index in [4.69, 9.17) is 16.0 Å². The summed E-state index contributed by atoms with van der Waals surface area (Å²) in [5.74, 6) is 1.12. The molecule has 0 atom stereocenters. The predicted octanol–water partition coefficient (Wildman–Crippen LogP) is 5.04. The van der Waals surface area contributed by atoms with E-state index >= 15 is 0 Å². The summed E-state index contributed by atoms with van der Waals surface area (Å²) in [7, 11) is -3.48. The molecule has 3 aromatic rings. The van der Waals surface area contributed by atoms with E-state index in [2.05, 4.69) is 0 Å². The van der Waals surface area contributed by atoms with Gasteiger partial charge in [-0.15, -0.1) is 0 Å². The zero-order valence-electron chi connectivity index (χ0n) is 12.0. The van der Waals surface area contributed by atoms with Gasteiger partial charge in [0.25, 0.3) is 0 Å². The van der Waals surface area contributed by atoms with Crippen LogP contribution in [0.25, 0.3) is 17.4 Å². The third-order valence-electron chi connectivity index (χ3n) is 3.24. The molecule has 0 aliphatic heterocycles. The Hall–Kier alpha value is -2.30. The molecule has 0 aliphatic rings. The van der Waals surface area contributed by atoms with Gasteiger partial charge in [-0.3, -0.25) is 0 Å². The highest BCUT2D eigenvalue weighted by atomic mass is 35.5. The van der Waals surface area contributed by atoms with Crippen molar-refractivity contribution in [2.45, 2.75) is 4.90 Å². The Morgan fingerprint density at radius 1 is 0.870 bits per heavy atom. The fourth-order valence-corrected chi connectivity index (χ4v) is 3.19. The molecule has 3 nitrogen and oxygen atoms in total. The van der Waals surface area contributed by atoms with Crippen LogP contribution in [0.15, 0.2) is 81.5 Å². The van der Waals surface area contributed by atoms with Gasteiger partial charge in [0.1, 0.15) is 11.5 Å². The summed E-state index contributed by atoms with van der Waals surface area (Å²) in [6, 6.07) is 19.0. The molecule has 0 amide bonds. The Morgan fingerprint density at radius 2 is 1.57 bits per heavy atom. The van der Waals surface area contributed by atoms with Gasteiger partial charge in [-0.25, -0.2) is 8.42 Å². The van der Waals surface area contributed by atoms with Crippen LogP contribution in [0.4, 0.5) is 0 Å². The lowest BCUT2D eigenvalue weighted by atomic mass is 10.2. The summed E-state index contributed by atoms with van der Waals surface area (Å²) in [4.78, 5) is 0.251. The SMILES string of the molecule is O=S(=O)(C=Cc1ccc(-c2ccc(Cl)cc2)o1)c1ccccc1. The lowest BCUT2D eigenvalue weighted by molar-refractivity contribution is 0.571. The Balaban J connectivity index is 1.83. The highest BCUT2D eigenvalue weighted by Gasteiger charge is 2.10. The first-order valence-corrected chi connectivity index (χ1v) is 8.81. The molecule has 0 bridgehead atoms. The van der Waals surface area contributed by atoms with Gasteiger partial charge >= 0.3 is 0 Å². The van der Waals surface area contributed by atoms with Crippen LogP contribution in [0.2, 0.25) is 5.02 Å². The Labute approximate surface area is 139 Å². The second-order valence-electron chi connectivity index (χ2n) is 4.87. The van der Waals surface area contributed by atoms with E-state index in [1.165, 1.54) is 6.08 Å². The molecule has 1 aromatic heterocycles. The molecule has 5 heteroatoms. The molecule has 0 fully saturated rings. The minimum atomic E-state index is -3.48. The maximum atomic E-state index is 12.2. The summed E-state index contributed by atoms with van der Waals surface area (Å²) in [6.07, 6.45) is 1.45. The first-order valence-electron chi connectivity index (χ1n) is 6.89. The maximum absolute atomic E-state index is 12.2. The van der Waals surface area contributed by atoms with Gasteiger partial charge in [0, 0.05) is 16.0 Å². The summed E-state index contributed by atoms with van der Waals surface area (Å²) in [6.45, 7) is 0. The number of hydrogen-bond acceptors (Lipinski definition) is 3. The summed E-state index contributed by atoms with van der Waals surface area (Å²) in [5.41, 5.74) is 0.875. The molecule has 116 valence electrons. The second-order valence-corrected chi connectivity index (χ2v) is 7.14. The van der Waals surface area contributed by atoms with Crippen molar-refractivity contribution in [2.24, 2.45) is 0 Å².